The van der Waals surface area contributed by atoms with Crippen molar-refractivity contribution in [1.82, 2.24) is 20.6 Å². The van der Waals surface area contributed by atoms with Gasteiger partial charge in [0, 0.05) is 11.3 Å². The lowest BCUT2D eigenvalue weighted by molar-refractivity contribution is 0.600. The molecule has 3 rings (SSSR count). The number of H-pyrrole nitrogens is 1. The van der Waals surface area contributed by atoms with Crippen LogP contribution in [0, 0.1) is 6.92 Å². The highest BCUT2D eigenvalue weighted by Crippen LogP contribution is 2.18. The van der Waals surface area contributed by atoms with Gasteiger partial charge in [0.2, 0.25) is 15.8 Å². The summed E-state index contributed by atoms with van der Waals surface area (Å²) in [6.45, 7) is 1.93. The predicted octanol–water partition coefficient (Wildman–Crippen LogP) is 2.12. The number of anilines is 1. The summed E-state index contributed by atoms with van der Waals surface area (Å²) in [5.41, 5.74) is 3.02. The summed E-state index contributed by atoms with van der Waals surface area (Å²) < 4.78 is 27.1. The quantitative estimate of drug-likeness (QED) is 0.746. The van der Waals surface area contributed by atoms with Gasteiger partial charge in [-0.15, -0.1) is 10.2 Å². The molecule has 0 atom stereocenters. The maximum Gasteiger partial charge on any atom is 0.236 e. The molecule has 0 spiro atoms. The van der Waals surface area contributed by atoms with Gasteiger partial charge >= 0.3 is 0 Å². The molecule has 0 unspecified atom stereocenters. The molecule has 0 saturated heterocycles. The van der Waals surface area contributed by atoms with Crippen LogP contribution >= 0.6 is 0 Å². The molecule has 0 aliphatic carbocycles. The smallest absolute Gasteiger partial charge is 0.236 e. The normalized spacial score (nSPS) is 11.3. The second-order valence-corrected chi connectivity index (χ2v) is 6.89. The number of rotatable bonds is 5. The van der Waals surface area contributed by atoms with Crippen LogP contribution in [-0.2, 0) is 15.8 Å². The zero-order valence-electron chi connectivity index (χ0n) is 12.4. The first-order valence-corrected chi connectivity index (χ1v) is 8.57. The zero-order valence-corrected chi connectivity index (χ0v) is 13.2. The second kappa shape index (κ2) is 6.17. The number of tetrazole rings is 1. The number of nitrogens with zero attached hydrogens (tertiary/aromatic N) is 3. The van der Waals surface area contributed by atoms with E-state index in [4.69, 9.17) is 0 Å². The van der Waals surface area contributed by atoms with E-state index in [1.165, 1.54) is 0 Å². The van der Waals surface area contributed by atoms with Gasteiger partial charge in [-0.3, -0.25) is 4.72 Å². The number of aromatic nitrogens is 4. The van der Waals surface area contributed by atoms with Crippen LogP contribution in [0.15, 0.2) is 48.5 Å². The van der Waals surface area contributed by atoms with Crippen molar-refractivity contribution in [3.05, 3.63) is 59.7 Å². The minimum Gasteiger partial charge on any atom is -0.283 e. The minimum atomic E-state index is -3.47. The summed E-state index contributed by atoms with van der Waals surface area (Å²) in [6.07, 6.45) is 0. The highest BCUT2D eigenvalue weighted by Gasteiger charge is 2.12. The molecule has 0 radical (unpaired) electrons. The van der Waals surface area contributed by atoms with Gasteiger partial charge in [-0.1, -0.05) is 29.8 Å². The summed E-state index contributed by atoms with van der Waals surface area (Å²) >= 11 is 0. The molecule has 2 N–H and O–H groups in total. The van der Waals surface area contributed by atoms with Gasteiger partial charge in [-0.2, -0.15) is 5.21 Å². The molecule has 0 aliphatic rings. The Morgan fingerprint density at radius 1 is 1.13 bits per heavy atom. The number of nitrogens with one attached hydrogen (secondary N) is 2. The molecular formula is C15H15N5O2S. The van der Waals surface area contributed by atoms with E-state index in [1.807, 2.05) is 25.1 Å². The van der Waals surface area contributed by atoms with Crippen LogP contribution in [-0.4, -0.2) is 29.0 Å². The van der Waals surface area contributed by atoms with E-state index in [-0.39, 0.29) is 5.75 Å². The molecule has 1 aromatic heterocycles. The molecule has 0 bridgehead atoms. The van der Waals surface area contributed by atoms with Crippen LogP contribution < -0.4 is 4.72 Å². The van der Waals surface area contributed by atoms with Crippen molar-refractivity contribution in [2.24, 2.45) is 0 Å². The molecule has 0 aliphatic heterocycles. The highest BCUT2D eigenvalue weighted by atomic mass is 32.2. The van der Waals surface area contributed by atoms with Gasteiger partial charge in [0.25, 0.3) is 0 Å². The van der Waals surface area contributed by atoms with Crippen LogP contribution in [0.1, 0.15) is 11.1 Å². The van der Waals surface area contributed by atoms with Crippen molar-refractivity contribution < 1.29 is 8.42 Å². The molecule has 1 heterocycles. The van der Waals surface area contributed by atoms with Crippen molar-refractivity contribution in [1.29, 1.82) is 0 Å². The zero-order chi connectivity index (χ0) is 16.3. The Morgan fingerprint density at radius 2 is 1.91 bits per heavy atom. The maximum atomic E-state index is 12.2. The fourth-order valence-corrected chi connectivity index (χ4v) is 3.39. The molecule has 0 amide bonds. The molecule has 3 aromatic rings. The summed E-state index contributed by atoms with van der Waals surface area (Å²) in [6, 6.07) is 14.2. The lowest BCUT2D eigenvalue weighted by Gasteiger charge is -2.09. The first-order valence-electron chi connectivity index (χ1n) is 6.92. The third kappa shape index (κ3) is 3.92. The van der Waals surface area contributed by atoms with Crippen molar-refractivity contribution in [3.8, 4) is 11.4 Å². The third-order valence-corrected chi connectivity index (χ3v) is 4.46. The second-order valence-electron chi connectivity index (χ2n) is 5.16. The standard InChI is InChI=1S/C15H15N5O2S/c1-11-3-2-4-12(9-11)10-23(21,22)18-14-7-5-13(6-8-14)15-16-19-20-17-15/h2-9,18H,10H2,1H3,(H,16,17,19,20). The molecule has 8 heteroatoms. The predicted molar refractivity (Wildman–Crippen MR) is 87.0 cm³/mol. The summed E-state index contributed by atoms with van der Waals surface area (Å²) in [4.78, 5) is 0. The topological polar surface area (TPSA) is 101 Å². The first-order chi connectivity index (χ1) is 11.0. The van der Waals surface area contributed by atoms with Crippen LogP contribution in [0.4, 0.5) is 5.69 Å². The van der Waals surface area contributed by atoms with E-state index in [2.05, 4.69) is 25.3 Å². The Bertz CT molecular complexity index is 890. The Balaban J connectivity index is 1.73. The van der Waals surface area contributed by atoms with E-state index < -0.39 is 10.0 Å². The van der Waals surface area contributed by atoms with Crippen molar-refractivity contribution >= 4 is 15.7 Å². The van der Waals surface area contributed by atoms with E-state index >= 15 is 0 Å². The SMILES string of the molecule is Cc1cccc(CS(=O)(=O)Nc2ccc(-c3nn[nH]n3)cc2)c1. The lowest BCUT2D eigenvalue weighted by Crippen LogP contribution is -2.15. The van der Waals surface area contributed by atoms with E-state index in [0.29, 0.717) is 11.5 Å². The van der Waals surface area contributed by atoms with Crippen LogP contribution in [0.5, 0.6) is 0 Å². The van der Waals surface area contributed by atoms with Gasteiger partial charge in [0.15, 0.2) is 0 Å². The first kappa shape index (κ1) is 15.2. The Hall–Kier alpha value is -2.74. The molecule has 0 saturated carbocycles. The van der Waals surface area contributed by atoms with Crippen molar-refractivity contribution in [2.75, 3.05) is 4.72 Å². The maximum absolute atomic E-state index is 12.2. The molecule has 118 valence electrons. The number of hydrogen-bond acceptors (Lipinski definition) is 5. The van der Waals surface area contributed by atoms with Crippen LogP contribution in [0.25, 0.3) is 11.4 Å². The third-order valence-electron chi connectivity index (χ3n) is 3.20. The molecular weight excluding hydrogens is 314 g/mol. The van der Waals surface area contributed by atoms with Crippen LogP contribution in [0.2, 0.25) is 0 Å². The summed E-state index contributed by atoms with van der Waals surface area (Å²) in [5, 5.41) is 13.6. The van der Waals surface area contributed by atoms with E-state index in [1.54, 1.807) is 30.3 Å². The summed E-state index contributed by atoms with van der Waals surface area (Å²) in [5.74, 6) is 0.389. The fraction of sp³-hybridized carbons (Fsp3) is 0.133. The minimum absolute atomic E-state index is 0.0682. The number of hydrogen-bond donors (Lipinski definition) is 2. The summed E-state index contributed by atoms with van der Waals surface area (Å²) in [7, 11) is -3.47. The van der Waals surface area contributed by atoms with Gasteiger partial charge in [0.1, 0.15) is 0 Å². The number of sulfonamides is 1. The fourth-order valence-electron chi connectivity index (χ4n) is 2.21. The average Bonchev–Trinajstić information content (AvgIpc) is 3.01. The largest absolute Gasteiger partial charge is 0.283 e. The average molecular weight is 329 g/mol. The van der Waals surface area contributed by atoms with E-state index in [9.17, 15) is 8.42 Å². The highest BCUT2D eigenvalue weighted by molar-refractivity contribution is 7.91. The van der Waals surface area contributed by atoms with E-state index in [0.717, 1.165) is 16.7 Å². The molecule has 7 nitrogen and oxygen atoms in total. The van der Waals surface area contributed by atoms with Gasteiger partial charge in [-0.25, -0.2) is 8.42 Å². The molecule has 0 fully saturated rings. The monoisotopic (exact) mass is 329 g/mol. The number of benzene rings is 2. The van der Waals surface area contributed by atoms with Gasteiger partial charge in [-0.05, 0) is 42.0 Å². The van der Waals surface area contributed by atoms with Crippen LogP contribution in [0.3, 0.4) is 0 Å². The van der Waals surface area contributed by atoms with Gasteiger partial charge < -0.3 is 0 Å². The number of aromatic amines is 1. The number of aryl methyl sites for hydroxylation is 1. The van der Waals surface area contributed by atoms with Crippen molar-refractivity contribution in [3.63, 3.8) is 0 Å². The lowest BCUT2D eigenvalue weighted by atomic mass is 10.2. The Labute approximate surface area is 133 Å². The molecule has 2 aromatic carbocycles. The van der Waals surface area contributed by atoms with Gasteiger partial charge in [0.05, 0.1) is 5.75 Å². The van der Waals surface area contributed by atoms with Crippen molar-refractivity contribution in [2.45, 2.75) is 12.7 Å². The Morgan fingerprint density at radius 3 is 2.57 bits per heavy atom. The Kier molecular flexibility index (Phi) is 4.07. The molecule has 23 heavy (non-hydrogen) atoms.